The van der Waals surface area contributed by atoms with Crippen molar-refractivity contribution in [1.29, 1.82) is 0 Å². The third-order valence-corrected chi connectivity index (χ3v) is 5.40. The molecule has 2 nitrogen and oxygen atoms in total. The second kappa shape index (κ2) is 3.21. The van der Waals surface area contributed by atoms with E-state index in [0.717, 1.165) is 48.6 Å². The lowest BCUT2D eigenvalue weighted by Gasteiger charge is -2.33. The minimum Gasteiger partial charge on any atom is -0.330 e. The molecule has 2 heteroatoms. The molecule has 0 unspecified atom stereocenters. The molecule has 3 aliphatic rings. The molecule has 0 aromatic carbocycles. The Labute approximate surface area is 86.4 Å². The molecule has 0 spiro atoms. The maximum absolute atomic E-state index is 5.86. The summed E-state index contributed by atoms with van der Waals surface area (Å²) in [5.41, 5.74) is 11.7. The van der Waals surface area contributed by atoms with Crippen LogP contribution >= 0.6 is 0 Å². The van der Waals surface area contributed by atoms with E-state index in [9.17, 15) is 0 Å². The van der Waals surface area contributed by atoms with Gasteiger partial charge in [-0.25, -0.2) is 0 Å². The van der Waals surface area contributed by atoms with E-state index in [2.05, 4.69) is 0 Å². The summed E-state index contributed by atoms with van der Waals surface area (Å²) in [6.45, 7) is 1.86. The predicted molar refractivity (Wildman–Crippen MR) is 57.5 cm³/mol. The summed E-state index contributed by atoms with van der Waals surface area (Å²) in [5.74, 6) is 5.69. The first-order valence-electron chi connectivity index (χ1n) is 6.25. The molecule has 80 valence electrons. The molecule has 0 radical (unpaired) electrons. The lowest BCUT2D eigenvalue weighted by molar-refractivity contribution is 0.166. The van der Waals surface area contributed by atoms with Gasteiger partial charge in [-0.05, 0) is 74.3 Å². The highest BCUT2D eigenvalue weighted by Crippen LogP contribution is 2.62. The molecule has 0 heterocycles. The molecule has 3 aliphatic carbocycles. The van der Waals surface area contributed by atoms with Crippen LogP contribution in [0.4, 0.5) is 0 Å². The fourth-order valence-electron chi connectivity index (χ4n) is 4.96. The molecule has 0 saturated heterocycles. The molecule has 6 atom stereocenters. The topological polar surface area (TPSA) is 52.0 Å². The van der Waals surface area contributed by atoms with E-state index < -0.39 is 0 Å². The van der Waals surface area contributed by atoms with Crippen molar-refractivity contribution >= 4 is 0 Å². The highest BCUT2D eigenvalue weighted by Gasteiger charge is 2.56. The summed E-state index contributed by atoms with van der Waals surface area (Å²) >= 11 is 0. The van der Waals surface area contributed by atoms with E-state index in [1.807, 2.05) is 0 Å². The van der Waals surface area contributed by atoms with Crippen LogP contribution in [0, 0.1) is 35.5 Å². The molecule has 0 aromatic rings. The second-order valence-electron chi connectivity index (χ2n) is 5.71. The van der Waals surface area contributed by atoms with Gasteiger partial charge in [0.15, 0.2) is 0 Å². The summed E-state index contributed by atoms with van der Waals surface area (Å²) < 4.78 is 0. The zero-order chi connectivity index (χ0) is 9.71. The number of rotatable bonds is 2. The Hall–Kier alpha value is -0.0800. The minimum atomic E-state index is 0.855. The molecule has 0 aliphatic heterocycles. The van der Waals surface area contributed by atoms with Crippen LogP contribution in [0.25, 0.3) is 0 Å². The van der Waals surface area contributed by atoms with Crippen molar-refractivity contribution in [3.63, 3.8) is 0 Å². The SMILES string of the molecule is NC[C@H]1C[C@H]2C[C@@H]1[C@@H]1CC[C@@H](CN)[C@H]21. The van der Waals surface area contributed by atoms with Crippen molar-refractivity contribution in [2.45, 2.75) is 25.7 Å². The van der Waals surface area contributed by atoms with E-state index in [4.69, 9.17) is 11.5 Å². The highest BCUT2D eigenvalue weighted by molar-refractivity contribution is 5.05. The molecular weight excluding hydrogens is 172 g/mol. The van der Waals surface area contributed by atoms with Crippen LogP contribution in [0.2, 0.25) is 0 Å². The quantitative estimate of drug-likeness (QED) is 0.694. The van der Waals surface area contributed by atoms with Crippen molar-refractivity contribution in [2.24, 2.45) is 47.0 Å². The van der Waals surface area contributed by atoms with Crippen LogP contribution < -0.4 is 11.5 Å². The van der Waals surface area contributed by atoms with Gasteiger partial charge in [-0.15, -0.1) is 0 Å². The van der Waals surface area contributed by atoms with Gasteiger partial charge in [-0.2, -0.15) is 0 Å². The van der Waals surface area contributed by atoms with E-state index in [1.54, 1.807) is 0 Å². The third kappa shape index (κ3) is 1.04. The summed E-state index contributed by atoms with van der Waals surface area (Å²) in [6.07, 6.45) is 5.74. The first-order chi connectivity index (χ1) is 6.85. The Balaban J connectivity index is 1.80. The predicted octanol–water partition coefficient (Wildman–Crippen LogP) is 1.20. The summed E-state index contributed by atoms with van der Waals surface area (Å²) in [4.78, 5) is 0. The van der Waals surface area contributed by atoms with Gasteiger partial charge in [0.1, 0.15) is 0 Å². The van der Waals surface area contributed by atoms with Gasteiger partial charge in [0.05, 0.1) is 0 Å². The zero-order valence-electron chi connectivity index (χ0n) is 8.86. The Morgan fingerprint density at radius 2 is 1.64 bits per heavy atom. The Kier molecular flexibility index (Phi) is 2.10. The van der Waals surface area contributed by atoms with Crippen molar-refractivity contribution in [1.82, 2.24) is 0 Å². The second-order valence-corrected chi connectivity index (χ2v) is 5.71. The molecule has 2 bridgehead atoms. The number of fused-ring (bicyclic) bond motifs is 5. The lowest BCUT2D eigenvalue weighted by Crippen LogP contribution is -2.32. The molecule has 0 aromatic heterocycles. The first-order valence-corrected chi connectivity index (χ1v) is 6.25. The fourth-order valence-corrected chi connectivity index (χ4v) is 4.96. The maximum atomic E-state index is 5.86. The fraction of sp³-hybridized carbons (Fsp3) is 1.00. The molecule has 0 amide bonds. The Morgan fingerprint density at radius 1 is 0.857 bits per heavy atom. The van der Waals surface area contributed by atoms with Crippen LogP contribution in [0.5, 0.6) is 0 Å². The molecule has 3 saturated carbocycles. The summed E-state index contributed by atoms with van der Waals surface area (Å²) in [6, 6.07) is 0. The molecule has 3 rings (SSSR count). The number of hydrogen-bond donors (Lipinski definition) is 2. The van der Waals surface area contributed by atoms with Crippen molar-refractivity contribution in [3.05, 3.63) is 0 Å². The molecule has 3 fully saturated rings. The average molecular weight is 194 g/mol. The molecule has 14 heavy (non-hydrogen) atoms. The maximum Gasteiger partial charge on any atom is -0.00460 e. The van der Waals surface area contributed by atoms with Crippen LogP contribution in [-0.2, 0) is 0 Å². The van der Waals surface area contributed by atoms with Crippen LogP contribution in [0.3, 0.4) is 0 Å². The standard InChI is InChI=1S/C12H22N2/c13-5-7-1-2-10-11-4-8(12(7)10)3-9(11)6-14/h7-12H,1-6,13-14H2/t7-,8-,9+,10-,11-,12+/m0/s1. The van der Waals surface area contributed by atoms with Gasteiger partial charge in [0, 0.05) is 0 Å². The van der Waals surface area contributed by atoms with E-state index in [1.165, 1.54) is 25.7 Å². The van der Waals surface area contributed by atoms with E-state index >= 15 is 0 Å². The lowest BCUT2D eigenvalue weighted by atomic mass is 9.73. The number of nitrogens with two attached hydrogens (primary N) is 2. The Morgan fingerprint density at radius 3 is 2.36 bits per heavy atom. The van der Waals surface area contributed by atoms with Gasteiger partial charge >= 0.3 is 0 Å². The highest BCUT2D eigenvalue weighted by atomic mass is 14.7. The van der Waals surface area contributed by atoms with Crippen molar-refractivity contribution < 1.29 is 0 Å². The van der Waals surface area contributed by atoms with Crippen molar-refractivity contribution in [2.75, 3.05) is 13.1 Å². The first kappa shape index (κ1) is 9.17. The van der Waals surface area contributed by atoms with Crippen molar-refractivity contribution in [3.8, 4) is 0 Å². The molecular formula is C12H22N2. The minimum absolute atomic E-state index is 0.855. The van der Waals surface area contributed by atoms with Gasteiger partial charge in [-0.3, -0.25) is 0 Å². The van der Waals surface area contributed by atoms with Crippen LogP contribution in [-0.4, -0.2) is 13.1 Å². The van der Waals surface area contributed by atoms with Crippen LogP contribution in [0.15, 0.2) is 0 Å². The summed E-state index contributed by atoms with van der Waals surface area (Å²) in [7, 11) is 0. The Bertz CT molecular complexity index is 226. The third-order valence-electron chi connectivity index (χ3n) is 5.40. The van der Waals surface area contributed by atoms with Gasteiger partial charge < -0.3 is 11.5 Å². The average Bonchev–Trinajstić information content (AvgIpc) is 2.87. The smallest absolute Gasteiger partial charge is 0.00460 e. The largest absolute Gasteiger partial charge is 0.330 e. The normalized spacial score (nSPS) is 55.3. The van der Waals surface area contributed by atoms with Crippen LogP contribution in [0.1, 0.15) is 25.7 Å². The van der Waals surface area contributed by atoms with E-state index in [-0.39, 0.29) is 0 Å². The molecule has 4 N–H and O–H groups in total. The van der Waals surface area contributed by atoms with Gasteiger partial charge in [-0.1, -0.05) is 0 Å². The van der Waals surface area contributed by atoms with Gasteiger partial charge in [0.25, 0.3) is 0 Å². The number of hydrogen-bond acceptors (Lipinski definition) is 2. The van der Waals surface area contributed by atoms with E-state index in [0.29, 0.717) is 0 Å². The zero-order valence-corrected chi connectivity index (χ0v) is 8.86. The summed E-state index contributed by atoms with van der Waals surface area (Å²) in [5, 5.41) is 0. The van der Waals surface area contributed by atoms with Gasteiger partial charge in [0.2, 0.25) is 0 Å². The monoisotopic (exact) mass is 194 g/mol.